The van der Waals surface area contributed by atoms with Crippen molar-refractivity contribution >= 4 is 0 Å². The van der Waals surface area contributed by atoms with Crippen molar-refractivity contribution in [1.82, 2.24) is 0 Å². The fraction of sp³-hybridized carbons (Fsp3) is 1.00. The van der Waals surface area contributed by atoms with Crippen LogP contribution in [-0.2, 0) is 18.9 Å². The van der Waals surface area contributed by atoms with Crippen molar-refractivity contribution in [2.75, 3.05) is 65.9 Å². The Hall–Kier alpha value is -0.240. The molecular formula is C12H34N2O4. The van der Waals surface area contributed by atoms with E-state index in [9.17, 15) is 0 Å². The van der Waals surface area contributed by atoms with E-state index in [-0.39, 0.29) is 2.85 Å². The highest BCUT2D eigenvalue weighted by Gasteiger charge is 1.91. The summed E-state index contributed by atoms with van der Waals surface area (Å²) >= 11 is 0. The van der Waals surface area contributed by atoms with Crippen LogP contribution in [0.4, 0.5) is 0 Å². The molecule has 116 valence electrons. The molecule has 0 heterocycles. The molecule has 0 unspecified atom stereocenters. The quantitative estimate of drug-likeness (QED) is 0.473. The van der Waals surface area contributed by atoms with Crippen LogP contribution in [0.1, 0.15) is 16.7 Å². The van der Waals surface area contributed by atoms with E-state index in [4.69, 9.17) is 30.4 Å². The van der Waals surface area contributed by atoms with Gasteiger partial charge in [-0.25, -0.2) is 0 Å². The molecule has 0 aliphatic carbocycles. The normalized spacial score (nSPS) is 10.0. The van der Waals surface area contributed by atoms with Crippen molar-refractivity contribution < 1.29 is 21.8 Å². The van der Waals surface area contributed by atoms with E-state index in [0.29, 0.717) is 65.9 Å². The van der Waals surface area contributed by atoms with Gasteiger partial charge >= 0.3 is 0 Å². The van der Waals surface area contributed by atoms with Gasteiger partial charge in [0.05, 0.1) is 52.9 Å². The van der Waals surface area contributed by atoms with Crippen molar-refractivity contribution in [2.45, 2.75) is 13.8 Å². The van der Waals surface area contributed by atoms with Gasteiger partial charge in [0.1, 0.15) is 0 Å². The zero-order valence-electron chi connectivity index (χ0n) is 11.9. The van der Waals surface area contributed by atoms with Crippen molar-refractivity contribution in [1.29, 1.82) is 0 Å². The summed E-state index contributed by atoms with van der Waals surface area (Å²) in [5.41, 5.74) is 10.5. The van der Waals surface area contributed by atoms with Crippen LogP contribution in [0.25, 0.3) is 0 Å². The molecule has 0 aliphatic rings. The first-order chi connectivity index (χ1) is 8.91. The van der Waals surface area contributed by atoms with Gasteiger partial charge in [-0.3, -0.25) is 0 Å². The second kappa shape index (κ2) is 22.0. The summed E-state index contributed by atoms with van der Waals surface area (Å²) in [4.78, 5) is 0. The lowest BCUT2D eigenvalue weighted by Gasteiger charge is -2.06. The maximum atomic E-state index is 5.26. The van der Waals surface area contributed by atoms with Crippen LogP contribution in [0.2, 0.25) is 0 Å². The predicted molar refractivity (Wildman–Crippen MR) is 77.0 cm³/mol. The van der Waals surface area contributed by atoms with E-state index in [1.54, 1.807) is 0 Å². The Kier molecular flexibility index (Phi) is 24.5. The number of hydrogen-bond acceptors (Lipinski definition) is 6. The minimum absolute atomic E-state index is 0. The van der Waals surface area contributed by atoms with Crippen LogP contribution in [0, 0.1) is 0 Å². The smallest absolute Gasteiger partial charge is 0.0701 e. The first-order valence-electron chi connectivity index (χ1n) is 6.63. The van der Waals surface area contributed by atoms with Gasteiger partial charge in [0.2, 0.25) is 0 Å². The molecular weight excluding hydrogens is 236 g/mol. The molecule has 0 aromatic heterocycles. The van der Waals surface area contributed by atoms with Gasteiger partial charge in [-0.1, -0.05) is 13.8 Å². The second-order valence-electron chi connectivity index (χ2n) is 3.03. The molecule has 0 fully saturated rings. The monoisotopic (exact) mass is 270 g/mol. The Labute approximate surface area is 114 Å². The maximum Gasteiger partial charge on any atom is 0.0701 e. The second-order valence-corrected chi connectivity index (χ2v) is 3.03. The molecule has 0 bridgehead atoms. The highest BCUT2D eigenvalue weighted by atomic mass is 16.6. The number of ether oxygens (including phenoxy) is 4. The molecule has 6 heteroatoms. The Bertz CT molecular complexity index is 124. The third kappa shape index (κ3) is 21.1. The van der Waals surface area contributed by atoms with E-state index >= 15 is 0 Å². The van der Waals surface area contributed by atoms with E-state index in [1.807, 2.05) is 13.8 Å². The zero-order valence-corrected chi connectivity index (χ0v) is 11.9. The SMILES string of the molecule is CC.NCCOCCOCCOCCOCCN.[HH].[HH]. The van der Waals surface area contributed by atoms with Crippen molar-refractivity contribution in [3.8, 4) is 0 Å². The van der Waals surface area contributed by atoms with Gasteiger partial charge in [-0.15, -0.1) is 0 Å². The maximum absolute atomic E-state index is 5.26. The Balaban J connectivity index is -0.000000304. The fourth-order valence-corrected chi connectivity index (χ4v) is 0.928. The van der Waals surface area contributed by atoms with Crippen LogP contribution in [-0.4, -0.2) is 65.9 Å². The lowest BCUT2D eigenvalue weighted by Crippen LogP contribution is -2.15. The molecule has 4 N–H and O–H groups in total. The van der Waals surface area contributed by atoms with Crippen molar-refractivity contribution in [3.63, 3.8) is 0 Å². The summed E-state index contributed by atoms with van der Waals surface area (Å²) in [6.45, 7) is 9.72. The summed E-state index contributed by atoms with van der Waals surface area (Å²) in [7, 11) is 0. The molecule has 0 aromatic carbocycles. The average molecular weight is 270 g/mol. The number of rotatable bonds is 13. The van der Waals surface area contributed by atoms with Gasteiger partial charge in [0.25, 0.3) is 0 Å². The van der Waals surface area contributed by atoms with Crippen LogP contribution < -0.4 is 11.5 Å². The molecule has 0 rings (SSSR count). The Morgan fingerprint density at radius 3 is 1.00 bits per heavy atom. The van der Waals surface area contributed by atoms with E-state index in [1.165, 1.54) is 0 Å². The summed E-state index contributed by atoms with van der Waals surface area (Å²) < 4.78 is 20.8. The van der Waals surface area contributed by atoms with E-state index in [0.717, 1.165) is 0 Å². The molecule has 0 saturated carbocycles. The van der Waals surface area contributed by atoms with Crippen molar-refractivity contribution in [2.24, 2.45) is 11.5 Å². The average Bonchev–Trinajstić information content (AvgIpc) is 2.42. The standard InChI is InChI=1S/C10H24N2O4.C2H6.2H2/c11-1-3-13-5-7-15-9-10-16-8-6-14-4-2-12;1-2;;/h1-12H2;1-2H3;2*1H. The predicted octanol–water partition coefficient (Wildman–Crippen LogP) is 0.488. The molecule has 0 amide bonds. The van der Waals surface area contributed by atoms with Crippen LogP contribution >= 0.6 is 0 Å². The number of nitrogens with two attached hydrogens (primary N) is 2. The third-order valence-electron chi connectivity index (χ3n) is 1.64. The fourth-order valence-electron chi connectivity index (χ4n) is 0.928. The lowest BCUT2D eigenvalue weighted by molar-refractivity contribution is -0.000153. The minimum Gasteiger partial charge on any atom is -0.378 e. The summed E-state index contributed by atoms with van der Waals surface area (Å²) in [6, 6.07) is 0. The molecule has 0 atom stereocenters. The first-order valence-corrected chi connectivity index (χ1v) is 6.63. The molecule has 0 aromatic rings. The van der Waals surface area contributed by atoms with E-state index < -0.39 is 0 Å². The Morgan fingerprint density at radius 2 is 0.778 bits per heavy atom. The van der Waals surface area contributed by atoms with Crippen LogP contribution in [0.5, 0.6) is 0 Å². The molecule has 0 spiro atoms. The van der Waals surface area contributed by atoms with Crippen LogP contribution in [0.15, 0.2) is 0 Å². The summed E-state index contributed by atoms with van der Waals surface area (Å²) in [6.07, 6.45) is 0. The Morgan fingerprint density at radius 1 is 0.556 bits per heavy atom. The molecule has 0 saturated heterocycles. The third-order valence-corrected chi connectivity index (χ3v) is 1.64. The zero-order chi connectivity index (χ0) is 13.9. The number of hydrogen-bond donors (Lipinski definition) is 2. The molecule has 0 radical (unpaired) electrons. The highest BCUT2D eigenvalue weighted by molar-refractivity contribution is 4.36. The van der Waals surface area contributed by atoms with Crippen molar-refractivity contribution in [3.05, 3.63) is 0 Å². The summed E-state index contributed by atoms with van der Waals surface area (Å²) in [5.74, 6) is 0. The molecule has 0 aliphatic heterocycles. The largest absolute Gasteiger partial charge is 0.378 e. The van der Waals surface area contributed by atoms with Gasteiger partial charge in [0.15, 0.2) is 0 Å². The highest BCUT2D eigenvalue weighted by Crippen LogP contribution is 1.81. The van der Waals surface area contributed by atoms with Crippen LogP contribution in [0.3, 0.4) is 0 Å². The van der Waals surface area contributed by atoms with Gasteiger partial charge in [-0.05, 0) is 0 Å². The topological polar surface area (TPSA) is 89.0 Å². The van der Waals surface area contributed by atoms with Gasteiger partial charge in [-0.2, -0.15) is 0 Å². The molecule has 6 nitrogen and oxygen atoms in total. The van der Waals surface area contributed by atoms with Gasteiger partial charge < -0.3 is 30.4 Å². The van der Waals surface area contributed by atoms with E-state index in [2.05, 4.69) is 0 Å². The van der Waals surface area contributed by atoms with Gasteiger partial charge in [0, 0.05) is 15.9 Å². The lowest BCUT2D eigenvalue weighted by atomic mass is 10.6. The molecule has 18 heavy (non-hydrogen) atoms. The minimum atomic E-state index is 0. The summed E-state index contributed by atoms with van der Waals surface area (Å²) in [5, 5.41) is 0. The first kappa shape index (κ1) is 20.1.